The van der Waals surface area contributed by atoms with Gasteiger partial charge in [0.05, 0.1) is 22.1 Å². The second-order valence-corrected chi connectivity index (χ2v) is 9.71. The summed E-state index contributed by atoms with van der Waals surface area (Å²) in [6.07, 6.45) is 7.63. The highest BCUT2D eigenvalue weighted by Gasteiger charge is 2.28. The summed E-state index contributed by atoms with van der Waals surface area (Å²) in [6, 6.07) is 24.4. The van der Waals surface area contributed by atoms with Gasteiger partial charge in [0.25, 0.3) is 0 Å². The van der Waals surface area contributed by atoms with Gasteiger partial charge in [-0.1, -0.05) is 36.4 Å². The van der Waals surface area contributed by atoms with Gasteiger partial charge in [-0.25, -0.2) is 4.98 Å². The second-order valence-electron chi connectivity index (χ2n) is 9.71. The summed E-state index contributed by atoms with van der Waals surface area (Å²) in [4.78, 5) is 14.3. The van der Waals surface area contributed by atoms with Crippen LogP contribution in [0.4, 0.5) is 0 Å². The van der Waals surface area contributed by atoms with Gasteiger partial charge in [-0.05, 0) is 82.1 Å². The predicted octanol–water partition coefficient (Wildman–Crippen LogP) is 6.73. The molecule has 0 radical (unpaired) electrons. The summed E-state index contributed by atoms with van der Waals surface area (Å²) in [5.74, 6) is 0. The van der Waals surface area contributed by atoms with Gasteiger partial charge in [0.2, 0.25) is 0 Å². The molecule has 0 atom stereocenters. The van der Waals surface area contributed by atoms with E-state index in [9.17, 15) is 0 Å². The lowest BCUT2D eigenvalue weighted by atomic mass is 9.97. The number of aromatic nitrogens is 4. The van der Waals surface area contributed by atoms with E-state index < -0.39 is 0 Å². The fourth-order valence-corrected chi connectivity index (χ4v) is 6.46. The number of rotatable bonds is 0. The van der Waals surface area contributed by atoms with Crippen molar-refractivity contribution >= 4 is 38.5 Å². The molecule has 0 saturated heterocycles. The van der Waals surface area contributed by atoms with Crippen molar-refractivity contribution in [2.75, 3.05) is 0 Å². The Morgan fingerprint density at radius 2 is 1.60 bits per heavy atom. The molecule has 0 unspecified atom stereocenters. The average Bonchev–Trinajstić information content (AvgIpc) is 3.58. The zero-order valence-electron chi connectivity index (χ0n) is 18.8. The summed E-state index contributed by atoms with van der Waals surface area (Å²) in [6.45, 7) is 0. The molecule has 35 heavy (non-hydrogen) atoms. The van der Waals surface area contributed by atoms with Crippen LogP contribution in [-0.4, -0.2) is 19.4 Å². The van der Waals surface area contributed by atoms with Crippen LogP contribution in [0.15, 0.2) is 85.3 Å². The fraction of sp³-hybridized carbons (Fsp3) is 0.0645. The number of hydrogen-bond donors (Lipinski definition) is 0. The molecule has 0 saturated carbocycles. The molecule has 0 amide bonds. The highest BCUT2D eigenvalue weighted by Crippen LogP contribution is 2.47. The zero-order valence-corrected chi connectivity index (χ0v) is 18.8. The first-order valence-electron chi connectivity index (χ1n) is 12.0. The smallest absolute Gasteiger partial charge is 0.147 e. The molecule has 0 aliphatic heterocycles. The van der Waals surface area contributed by atoms with Gasteiger partial charge in [-0.3, -0.25) is 14.4 Å². The predicted molar refractivity (Wildman–Crippen MR) is 140 cm³/mol. The van der Waals surface area contributed by atoms with E-state index in [1.807, 2.05) is 24.7 Å². The van der Waals surface area contributed by atoms with E-state index in [1.165, 1.54) is 50.0 Å². The largest absolute Gasteiger partial charge is 0.291 e. The number of hydrogen-bond acceptors (Lipinski definition) is 3. The molecule has 0 fully saturated rings. The maximum absolute atomic E-state index is 5.15. The molecule has 0 N–H and O–H groups in total. The van der Waals surface area contributed by atoms with Crippen LogP contribution >= 0.6 is 0 Å². The Morgan fingerprint density at radius 1 is 0.686 bits per heavy atom. The molecule has 9 rings (SSSR count). The third-order valence-corrected chi connectivity index (χ3v) is 7.92. The Labute approximate surface area is 200 Å². The van der Waals surface area contributed by atoms with Gasteiger partial charge in [-0.15, -0.1) is 0 Å². The SMILES string of the molecule is c1ccc2c(c1)Cc1cc3c(cc1-2)-c1c(ccc2nc4c5cccnc5c5cnccc5n4c12)C3. The number of benzene rings is 3. The lowest BCUT2D eigenvalue weighted by Gasteiger charge is -2.11. The zero-order chi connectivity index (χ0) is 22.7. The van der Waals surface area contributed by atoms with Crippen LogP contribution in [0.3, 0.4) is 0 Å². The van der Waals surface area contributed by atoms with E-state index in [1.54, 1.807) is 0 Å². The molecule has 4 nitrogen and oxygen atoms in total. The van der Waals surface area contributed by atoms with Gasteiger partial charge in [0.1, 0.15) is 5.65 Å². The van der Waals surface area contributed by atoms with Crippen LogP contribution < -0.4 is 0 Å². The van der Waals surface area contributed by atoms with Crippen LogP contribution in [0, 0.1) is 0 Å². The second kappa shape index (κ2) is 6.10. The quantitative estimate of drug-likeness (QED) is 0.243. The van der Waals surface area contributed by atoms with Crippen LogP contribution in [0.5, 0.6) is 0 Å². The third kappa shape index (κ3) is 2.15. The average molecular weight is 447 g/mol. The Bertz CT molecular complexity index is 2070. The molecule has 0 bridgehead atoms. The molecule has 4 aromatic heterocycles. The maximum Gasteiger partial charge on any atom is 0.147 e. The van der Waals surface area contributed by atoms with E-state index in [0.717, 1.165) is 45.8 Å². The highest BCUT2D eigenvalue weighted by atomic mass is 15.0. The number of imidazole rings is 1. The van der Waals surface area contributed by atoms with Crippen molar-refractivity contribution in [3.05, 3.63) is 108 Å². The Morgan fingerprint density at radius 3 is 2.60 bits per heavy atom. The molecule has 162 valence electrons. The Hall–Kier alpha value is -4.57. The lowest BCUT2D eigenvalue weighted by Crippen LogP contribution is -1.94. The summed E-state index contributed by atoms with van der Waals surface area (Å²) in [7, 11) is 0. The van der Waals surface area contributed by atoms with Crippen molar-refractivity contribution in [3.63, 3.8) is 0 Å². The van der Waals surface area contributed by atoms with E-state index in [2.05, 4.69) is 70.0 Å². The van der Waals surface area contributed by atoms with Crippen LogP contribution in [0.1, 0.15) is 22.3 Å². The summed E-state index contributed by atoms with van der Waals surface area (Å²) < 4.78 is 2.34. The number of fused-ring (bicyclic) bond motifs is 15. The van der Waals surface area contributed by atoms with E-state index >= 15 is 0 Å². The number of nitrogens with zero attached hydrogens (tertiary/aromatic N) is 4. The lowest BCUT2D eigenvalue weighted by molar-refractivity contribution is 1.21. The fourth-order valence-electron chi connectivity index (χ4n) is 6.46. The van der Waals surface area contributed by atoms with Gasteiger partial charge in [-0.2, -0.15) is 0 Å². The normalized spacial score (nSPS) is 13.5. The first-order valence-corrected chi connectivity index (χ1v) is 12.0. The topological polar surface area (TPSA) is 43.1 Å². The minimum absolute atomic E-state index is 0.949. The molecule has 2 aliphatic carbocycles. The van der Waals surface area contributed by atoms with E-state index in [4.69, 9.17) is 9.97 Å². The molecular formula is C31H18N4. The minimum atomic E-state index is 0.949. The summed E-state index contributed by atoms with van der Waals surface area (Å²) in [5, 5.41) is 2.10. The van der Waals surface area contributed by atoms with Crippen molar-refractivity contribution in [1.29, 1.82) is 0 Å². The van der Waals surface area contributed by atoms with E-state index in [0.29, 0.717) is 0 Å². The Balaban J connectivity index is 1.46. The molecule has 4 heterocycles. The van der Waals surface area contributed by atoms with Crippen molar-refractivity contribution in [3.8, 4) is 22.3 Å². The van der Waals surface area contributed by atoms with Crippen LogP contribution in [-0.2, 0) is 12.8 Å². The summed E-state index contributed by atoms with van der Waals surface area (Å²) >= 11 is 0. The van der Waals surface area contributed by atoms with Gasteiger partial charge in [0.15, 0.2) is 0 Å². The number of pyridine rings is 3. The first kappa shape index (κ1) is 17.8. The Kier molecular flexibility index (Phi) is 3.11. The van der Waals surface area contributed by atoms with Gasteiger partial charge >= 0.3 is 0 Å². The third-order valence-electron chi connectivity index (χ3n) is 7.92. The highest BCUT2D eigenvalue weighted by molar-refractivity contribution is 6.13. The van der Waals surface area contributed by atoms with Gasteiger partial charge < -0.3 is 0 Å². The monoisotopic (exact) mass is 446 g/mol. The molecule has 0 spiro atoms. The van der Waals surface area contributed by atoms with Crippen molar-refractivity contribution < 1.29 is 0 Å². The van der Waals surface area contributed by atoms with Crippen molar-refractivity contribution in [2.45, 2.75) is 12.8 Å². The van der Waals surface area contributed by atoms with Crippen LogP contribution in [0.2, 0.25) is 0 Å². The van der Waals surface area contributed by atoms with Crippen molar-refractivity contribution in [2.24, 2.45) is 0 Å². The summed E-state index contributed by atoms with van der Waals surface area (Å²) in [5.41, 5.74) is 16.3. The molecule has 2 aliphatic rings. The molecule has 3 aromatic carbocycles. The van der Waals surface area contributed by atoms with Crippen molar-refractivity contribution in [1.82, 2.24) is 19.4 Å². The van der Waals surface area contributed by atoms with E-state index in [-0.39, 0.29) is 0 Å². The first-order chi connectivity index (χ1) is 17.3. The maximum atomic E-state index is 5.15. The van der Waals surface area contributed by atoms with Crippen LogP contribution in [0.25, 0.3) is 60.7 Å². The standard InChI is InChI=1S/C31H18N4/c1-2-5-21-17(4-1)12-19-14-20-13-18-7-8-26-30(28(18)24(20)15-23(19)21)35-27-9-11-32-16-25(27)29-22(31(35)34-26)6-3-10-33-29/h1-11,14-16H,12-13H2. The van der Waals surface area contributed by atoms with Gasteiger partial charge in [0, 0.05) is 34.9 Å². The molecule has 4 heteroatoms. The minimum Gasteiger partial charge on any atom is -0.291 e. The molecular weight excluding hydrogens is 428 g/mol. The molecule has 7 aromatic rings.